The molecule has 3 fully saturated rings. The van der Waals surface area contributed by atoms with Crippen LogP contribution in [0.4, 0.5) is 5.69 Å². The lowest BCUT2D eigenvalue weighted by atomic mass is 9.70. The zero-order valence-electron chi connectivity index (χ0n) is 20.0. The SMILES string of the molecule is CCOC(=O)[C@H]1[C@@H]2O[C@@]3(CC2Br)[C@@H]1C(=O)N(CCCCCCO)[C@@H]3C(=O)Nc1c(C)cccc1Cl. The van der Waals surface area contributed by atoms with Crippen molar-refractivity contribution in [3.8, 4) is 0 Å². The number of fused-ring (bicyclic) bond motifs is 1. The normalized spacial score (nSPS) is 31.1. The van der Waals surface area contributed by atoms with Gasteiger partial charge < -0.3 is 24.8 Å². The second-order valence-electron chi connectivity index (χ2n) is 9.51. The molecule has 4 rings (SSSR count). The number of amides is 2. The van der Waals surface area contributed by atoms with Crippen LogP contribution in [0.2, 0.25) is 5.02 Å². The lowest BCUT2D eigenvalue weighted by molar-refractivity contribution is -0.154. The molecular formula is C25H32BrClN2O6. The van der Waals surface area contributed by atoms with Gasteiger partial charge in [-0.15, -0.1) is 0 Å². The number of carbonyl (C=O) groups excluding carboxylic acids is 3. The van der Waals surface area contributed by atoms with E-state index in [1.807, 2.05) is 13.0 Å². The number of aliphatic hydroxyl groups excluding tert-OH is 1. The first-order valence-corrected chi connectivity index (χ1v) is 13.5. The molecule has 1 aromatic carbocycles. The molecule has 8 nitrogen and oxygen atoms in total. The maximum Gasteiger partial charge on any atom is 0.312 e. The van der Waals surface area contributed by atoms with E-state index >= 15 is 0 Å². The summed E-state index contributed by atoms with van der Waals surface area (Å²) < 4.78 is 11.7. The number of unbranched alkanes of at least 4 members (excludes halogenated alkanes) is 3. The molecular weight excluding hydrogens is 540 g/mol. The van der Waals surface area contributed by atoms with E-state index in [2.05, 4.69) is 21.2 Å². The lowest BCUT2D eigenvalue weighted by Gasteiger charge is -2.34. The zero-order valence-corrected chi connectivity index (χ0v) is 22.3. The molecule has 10 heteroatoms. The summed E-state index contributed by atoms with van der Waals surface area (Å²) in [6, 6.07) is 4.45. The first kappa shape index (κ1) is 26.4. The molecule has 0 radical (unpaired) electrons. The Balaban J connectivity index is 1.67. The van der Waals surface area contributed by atoms with Gasteiger partial charge in [0.2, 0.25) is 11.8 Å². The van der Waals surface area contributed by atoms with Crippen molar-refractivity contribution in [3.05, 3.63) is 28.8 Å². The van der Waals surface area contributed by atoms with Gasteiger partial charge in [0.05, 0.1) is 35.3 Å². The number of hydrogen-bond acceptors (Lipinski definition) is 6. The number of likely N-dealkylation sites (tertiary alicyclic amines) is 1. The molecule has 2 N–H and O–H groups in total. The third-order valence-electron chi connectivity index (χ3n) is 7.37. The number of esters is 1. The molecule has 192 valence electrons. The summed E-state index contributed by atoms with van der Waals surface area (Å²) >= 11 is 10.0. The first-order chi connectivity index (χ1) is 16.8. The minimum Gasteiger partial charge on any atom is -0.466 e. The number of anilines is 1. The van der Waals surface area contributed by atoms with Gasteiger partial charge in [-0.1, -0.05) is 52.5 Å². The third-order valence-corrected chi connectivity index (χ3v) is 8.53. The molecule has 1 spiro atoms. The van der Waals surface area contributed by atoms with Gasteiger partial charge in [0, 0.05) is 18.0 Å². The molecule has 1 aromatic rings. The Bertz CT molecular complexity index is 972. The quantitative estimate of drug-likeness (QED) is 0.253. The third kappa shape index (κ3) is 4.61. The van der Waals surface area contributed by atoms with Crippen molar-refractivity contribution in [3.63, 3.8) is 0 Å². The minimum atomic E-state index is -1.13. The van der Waals surface area contributed by atoms with Gasteiger partial charge >= 0.3 is 5.97 Å². The van der Waals surface area contributed by atoms with Crippen LogP contribution in [0.25, 0.3) is 0 Å². The second-order valence-corrected chi connectivity index (χ2v) is 11.1. The highest BCUT2D eigenvalue weighted by Crippen LogP contribution is 2.60. The van der Waals surface area contributed by atoms with Crippen LogP contribution in [-0.4, -0.2) is 70.1 Å². The summed E-state index contributed by atoms with van der Waals surface area (Å²) in [6.45, 7) is 4.26. The van der Waals surface area contributed by atoms with Gasteiger partial charge in [-0.05, 0) is 44.7 Å². The Hall–Kier alpha value is -1.68. The van der Waals surface area contributed by atoms with Gasteiger partial charge in [-0.3, -0.25) is 14.4 Å². The van der Waals surface area contributed by atoms with Crippen LogP contribution in [0, 0.1) is 18.8 Å². The summed E-state index contributed by atoms with van der Waals surface area (Å²) in [5.41, 5.74) is 0.177. The van der Waals surface area contributed by atoms with Crippen molar-refractivity contribution in [1.82, 2.24) is 4.90 Å². The van der Waals surface area contributed by atoms with Crippen LogP contribution < -0.4 is 5.32 Å². The van der Waals surface area contributed by atoms with E-state index in [-0.39, 0.29) is 29.9 Å². The molecule has 0 aromatic heterocycles. The molecule has 0 saturated carbocycles. The van der Waals surface area contributed by atoms with Crippen LogP contribution in [-0.2, 0) is 23.9 Å². The highest BCUT2D eigenvalue weighted by molar-refractivity contribution is 9.09. The predicted molar refractivity (Wildman–Crippen MR) is 134 cm³/mol. The van der Waals surface area contributed by atoms with E-state index in [1.165, 1.54) is 0 Å². The molecule has 2 bridgehead atoms. The fraction of sp³-hybridized carbons (Fsp3) is 0.640. The summed E-state index contributed by atoms with van der Waals surface area (Å²) in [5.74, 6) is -2.63. The van der Waals surface area contributed by atoms with Crippen molar-refractivity contribution in [2.45, 2.75) is 68.5 Å². The number of halogens is 2. The van der Waals surface area contributed by atoms with E-state index in [0.29, 0.717) is 36.5 Å². The molecule has 0 aliphatic carbocycles. The van der Waals surface area contributed by atoms with Crippen molar-refractivity contribution < 1.29 is 29.0 Å². The number of ether oxygens (including phenoxy) is 2. The maximum absolute atomic E-state index is 13.8. The van der Waals surface area contributed by atoms with Crippen LogP contribution in [0.5, 0.6) is 0 Å². The Morgan fingerprint density at radius 3 is 2.74 bits per heavy atom. The Kier molecular flexibility index (Phi) is 8.10. The van der Waals surface area contributed by atoms with Crippen LogP contribution in [0.1, 0.15) is 44.6 Å². The van der Waals surface area contributed by atoms with Crippen LogP contribution in [0.3, 0.4) is 0 Å². The highest BCUT2D eigenvalue weighted by atomic mass is 79.9. The topological polar surface area (TPSA) is 105 Å². The van der Waals surface area contributed by atoms with Gasteiger partial charge in [0.15, 0.2) is 0 Å². The summed E-state index contributed by atoms with van der Waals surface area (Å²) in [4.78, 5) is 42.0. The number of aliphatic hydroxyl groups is 1. The smallest absolute Gasteiger partial charge is 0.312 e. The Labute approximate surface area is 218 Å². The fourth-order valence-electron chi connectivity index (χ4n) is 5.91. The fourth-order valence-corrected chi connectivity index (χ4v) is 7.12. The Morgan fingerprint density at radius 1 is 1.31 bits per heavy atom. The lowest BCUT2D eigenvalue weighted by Crippen LogP contribution is -2.54. The summed E-state index contributed by atoms with van der Waals surface area (Å²) in [5, 5.41) is 12.4. The van der Waals surface area contributed by atoms with Crippen LogP contribution in [0.15, 0.2) is 18.2 Å². The standard InChI is InChI=1S/C25H32BrClN2O6/c1-3-34-24(33)17-18-23(32)29(11-6-4-5-7-12-30)21(25(18)13-15(26)20(17)35-25)22(31)28-19-14(2)9-8-10-16(19)27/h8-10,15,17-18,20-21,30H,3-7,11-13H2,1-2H3,(H,28,31)/t15?,17-,18+,20-,21-,25+/m1/s1. The number of nitrogens with one attached hydrogen (secondary N) is 1. The molecule has 3 heterocycles. The van der Waals surface area contributed by atoms with Crippen molar-refractivity contribution in [1.29, 1.82) is 0 Å². The Morgan fingerprint density at radius 2 is 2.06 bits per heavy atom. The minimum absolute atomic E-state index is 0.124. The van der Waals surface area contributed by atoms with E-state index in [4.69, 9.17) is 26.2 Å². The number of hydrogen-bond donors (Lipinski definition) is 2. The molecule has 6 atom stereocenters. The first-order valence-electron chi connectivity index (χ1n) is 12.2. The molecule has 1 unspecified atom stereocenters. The van der Waals surface area contributed by atoms with E-state index in [9.17, 15) is 14.4 Å². The largest absolute Gasteiger partial charge is 0.466 e. The number of rotatable bonds is 10. The number of aryl methyl sites for hydroxylation is 1. The molecule has 2 amide bonds. The summed E-state index contributed by atoms with van der Waals surface area (Å²) in [6.07, 6.45) is 2.91. The van der Waals surface area contributed by atoms with Crippen molar-refractivity contribution >= 4 is 51.0 Å². The molecule has 3 aliphatic rings. The summed E-state index contributed by atoms with van der Waals surface area (Å²) in [7, 11) is 0. The monoisotopic (exact) mass is 570 g/mol. The highest BCUT2D eigenvalue weighted by Gasteiger charge is 2.76. The van der Waals surface area contributed by atoms with Gasteiger partial charge in [0.25, 0.3) is 0 Å². The number of nitrogens with zero attached hydrogens (tertiary/aromatic N) is 1. The molecule has 35 heavy (non-hydrogen) atoms. The molecule has 3 saturated heterocycles. The molecule has 3 aliphatic heterocycles. The average molecular weight is 572 g/mol. The van der Waals surface area contributed by atoms with E-state index < -0.39 is 35.6 Å². The zero-order chi connectivity index (χ0) is 25.3. The predicted octanol–water partition coefficient (Wildman–Crippen LogP) is 3.45. The number of para-hydroxylation sites is 1. The van der Waals surface area contributed by atoms with E-state index in [0.717, 1.165) is 18.4 Å². The van der Waals surface area contributed by atoms with Crippen molar-refractivity contribution in [2.75, 3.05) is 25.1 Å². The van der Waals surface area contributed by atoms with Crippen LogP contribution >= 0.6 is 27.5 Å². The van der Waals surface area contributed by atoms with Crippen molar-refractivity contribution in [2.24, 2.45) is 11.8 Å². The number of benzene rings is 1. The van der Waals surface area contributed by atoms with E-state index in [1.54, 1.807) is 24.0 Å². The second kappa shape index (κ2) is 10.7. The van der Waals surface area contributed by atoms with Gasteiger partial charge in [0.1, 0.15) is 11.6 Å². The maximum atomic E-state index is 13.8. The van der Waals surface area contributed by atoms with Gasteiger partial charge in [-0.2, -0.15) is 0 Å². The average Bonchev–Trinajstić information content (AvgIpc) is 3.40. The number of carbonyl (C=O) groups is 3. The van der Waals surface area contributed by atoms with Gasteiger partial charge in [-0.25, -0.2) is 0 Å². The number of alkyl halides is 1.